The highest BCUT2D eigenvalue weighted by molar-refractivity contribution is 5.71. The van der Waals surface area contributed by atoms with Crippen molar-refractivity contribution in [3.8, 4) is 0 Å². The highest BCUT2D eigenvalue weighted by Crippen LogP contribution is 2.19. The molecule has 0 bridgehead atoms. The molecule has 6 heteroatoms. The molecule has 1 atom stereocenters. The standard InChI is InChI=1S/C69H134O6/c1-4-7-10-13-16-19-22-24-26-28-30-31-32-33-34-35-36-37-38-40-41-43-45-47-50-53-56-59-62-68(71)74-65-66(64-73-67(70)61-58-55-52-49-21-18-15-12-9-6-3)75-69(72)63-60-57-54-51-48-46-44-42-39-29-27-25-23-20-17-14-11-8-5-2/h66H,4-65H2,1-3H3. The molecule has 0 aromatic rings. The maximum atomic E-state index is 12.9. The Bertz CT molecular complexity index is 1120. The van der Waals surface area contributed by atoms with Gasteiger partial charge >= 0.3 is 17.9 Å². The van der Waals surface area contributed by atoms with Gasteiger partial charge in [-0.2, -0.15) is 0 Å². The van der Waals surface area contributed by atoms with Crippen LogP contribution in [-0.2, 0) is 28.6 Å². The molecular formula is C69H134O6. The summed E-state index contributed by atoms with van der Waals surface area (Å²) in [6.07, 6.45) is 75.7. The number of hydrogen-bond donors (Lipinski definition) is 0. The van der Waals surface area contributed by atoms with Gasteiger partial charge in [0.1, 0.15) is 13.2 Å². The van der Waals surface area contributed by atoms with Crippen LogP contribution in [-0.4, -0.2) is 37.2 Å². The fourth-order valence-corrected chi connectivity index (χ4v) is 10.9. The Hall–Kier alpha value is -1.59. The lowest BCUT2D eigenvalue weighted by molar-refractivity contribution is -0.167. The Labute approximate surface area is 469 Å². The lowest BCUT2D eigenvalue weighted by Crippen LogP contribution is -2.30. The van der Waals surface area contributed by atoms with Crippen LogP contribution in [0.25, 0.3) is 0 Å². The zero-order chi connectivity index (χ0) is 54.3. The number of unbranched alkanes of at least 4 members (excludes halogenated alkanes) is 54. The van der Waals surface area contributed by atoms with Gasteiger partial charge in [0.25, 0.3) is 0 Å². The molecule has 0 saturated carbocycles. The van der Waals surface area contributed by atoms with E-state index in [1.165, 1.54) is 308 Å². The van der Waals surface area contributed by atoms with Gasteiger partial charge in [0, 0.05) is 19.3 Å². The summed E-state index contributed by atoms with van der Waals surface area (Å²) >= 11 is 0. The van der Waals surface area contributed by atoms with Crippen LogP contribution in [0.3, 0.4) is 0 Å². The van der Waals surface area contributed by atoms with E-state index in [9.17, 15) is 14.4 Å². The van der Waals surface area contributed by atoms with Crippen molar-refractivity contribution in [1.82, 2.24) is 0 Å². The largest absolute Gasteiger partial charge is 0.462 e. The Balaban J connectivity index is 4.08. The first-order valence-corrected chi connectivity index (χ1v) is 34.5. The molecule has 0 aliphatic rings. The Kier molecular flexibility index (Phi) is 63.6. The minimum atomic E-state index is -0.762. The number of rotatable bonds is 65. The third-order valence-corrected chi connectivity index (χ3v) is 16.1. The molecule has 0 aromatic carbocycles. The minimum absolute atomic E-state index is 0.0607. The Morgan fingerprint density at radius 2 is 0.360 bits per heavy atom. The van der Waals surface area contributed by atoms with Gasteiger partial charge < -0.3 is 14.2 Å². The molecule has 0 aliphatic carbocycles. The molecule has 0 rings (SSSR count). The average molecular weight is 1060 g/mol. The summed E-state index contributed by atoms with van der Waals surface area (Å²) in [6, 6.07) is 0. The highest BCUT2D eigenvalue weighted by Gasteiger charge is 2.19. The van der Waals surface area contributed by atoms with Crippen LogP contribution < -0.4 is 0 Å². The third kappa shape index (κ3) is 63.1. The fraction of sp³-hybridized carbons (Fsp3) is 0.957. The monoisotopic (exact) mass is 1060 g/mol. The zero-order valence-electron chi connectivity index (χ0n) is 51.4. The number of carbonyl (C=O) groups excluding carboxylic acids is 3. The molecule has 75 heavy (non-hydrogen) atoms. The van der Waals surface area contributed by atoms with Gasteiger partial charge in [-0.15, -0.1) is 0 Å². The molecule has 0 amide bonds. The smallest absolute Gasteiger partial charge is 0.306 e. The first-order chi connectivity index (χ1) is 37.0. The average Bonchev–Trinajstić information content (AvgIpc) is 3.41. The molecule has 0 aliphatic heterocycles. The first kappa shape index (κ1) is 73.4. The van der Waals surface area contributed by atoms with E-state index in [-0.39, 0.29) is 31.1 Å². The molecule has 0 aromatic heterocycles. The van der Waals surface area contributed by atoms with Crippen molar-refractivity contribution in [2.75, 3.05) is 13.2 Å². The van der Waals surface area contributed by atoms with Crippen molar-refractivity contribution in [3.05, 3.63) is 0 Å². The Morgan fingerprint density at radius 3 is 0.533 bits per heavy atom. The lowest BCUT2D eigenvalue weighted by Gasteiger charge is -2.18. The fourth-order valence-electron chi connectivity index (χ4n) is 10.9. The van der Waals surface area contributed by atoms with Crippen LogP contribution in [0.1, 0.15) is 406 Å². The molecular weight excluding hydrogens is 925 g/mol. The van der Waals surface area contributed by atoms with Crippen molar-refractivity contribution in [2.24, 2.45) is 0 Å². The Morgan fingerprint density at radius 1 is 0.213 bits per heavy atom. The lowest BCUT2D eigenvalue weighted by atomic mass is 10.0. The second-order valence-corrected chi connectivity index (χ2v) is 23.8. The molecule has 0 N–H and O–H groups in total. The van der Waals surface area contributed by atoms with E-state index in [1.807, 2.05) is 0 Å². The quantitative estimate of drug-likeness (QED) is 0.0343. The predicted octanol–water partition coefficient (Wildman–Crippen LogP) is 23.5. The molecule has 0 fully saturated rings. The van der Waals surface area contributed by atoms with Crippen LogP contribution in [0.2, 0.25) is 0 Å². The molecule has 446 valence electrons. The summed E-state index contributed by atoms with van der Waals surface area (Å²) in [5.41, 5.74) is 0. The molecule has 0 spiro atoms. The molecule has 0 saturated heterocycles. The van der Waals surface area contributed by atoms with Crippen molar-refractivity contribution in [3.63, 3.8) is 0 Å². The van der Waals surface area contributed by atoms with E-state index < -0.39 is 6.10 Å². The number of ether oxygens (including phenoxy) is 3. The van der Waals surface area contributed by atoms with Gasteiger partial charge in [0.2, 0.25) is 0 Å². The summed E-state index contributed by atoms with van der Waals surface area (Å²) in [4.78, 5) is 38.3. The van der Waals surface area contributed by atoms with Crippen molar-refractivity contribution in [2.45, 2.75) is 412 Å². The van der Waals surface area contributed by atoms with Crippen LogP contribution >= 0.6 is 0 Å². The second kappa shape index (κ2) is 64.9. The SMILES string of the molecule is CCCCCCCCCCCCCCCCCCCCCCCCCCCCCCC(=O)OCC(COC(=O)CCCCCCCCCCCC)OC(=O)CCCCCCCCCCCCCCCCCCCCC. The third-order valence-electron chi connectivity index (χ3n) is 16.1. The van der Waals surface area contributed by atoms with E-state index in [2.05, 4.69) is 20.8 Å². The minimum Gasteiger partial charge on any atom is -0.462 e. The first-order valence-electron chi connectivity index (χ1n) is 34.5. The normalized spacial score (nSPS) is 11.9. The number of hydrogen-bond acceptors (Lipinski definition) is 6. The van der Waals surface area contributed by atoms with E-state index in [1.54, 1.807) is 0 Å². The van der Waals surface area contributed by atoms with Gasteiger partial charge in [0.05, 0.1) is 0 Å². The predicted molar refractivity (Wildman–Crippen MR) is 326 cm³/mol. The van der Waals surface area contributed by atoms with Crippen LogP contribution in [0.4, 0.5) is 0 Å². The van der Waals surface area contributed by atoms with E-state index in [0.717, 1.165) is 57.8 Å². The maximum absolute atomic E-state index is 12.9. The molecule has 1 unspecified atom stereocenters. The van der Waals surface area contributed by atoms with Gasteiger partial charge in [-0.05, 0) is 19.3 Å². The summed E-state index contributed by atoms with van der Waals surface area (Å²) in [5.74, 6) is -0.826. The van der Waals surface area contributed by atoms with Gasteiger partial charge in [-0.3, -0.25) is 14.4 Å². The summed E-state index contributed by atoms with van der Waals surface area (Å²) in [7, 11) is 0. The van der Waals surface area contributed by atoms with Crippen molar-refractivity contribution < 1.29 is 28.6 Å². The topological polar surface area (TPSA) is 78.9 Å². The van der Waals surface area contributed by atoms with E-state index in [4.69, 9.17) is 14.2 Å². The van der Waals surface area contributed by atoms with E-state index >= 15 is 0 Å². The van der Waals surface area contributed by atoms with Crippen molar-refractivity contribution in [1.29, 1.82) is 0 Å². The second-order valence-electron chi connectivity index (χ2n) is 23.8. The van der Waals surface area contributed by atoms with Gasteiger partial charge in [-0.1, -0.05) is 367 Å². The maximum Gasteiger partial charge on any atom is 0.306 e. The van der Waals surface area contributed by atoms with Gasteiger partial charge in [-0.25, -0.2) is 0 Å². The summed E-state index contributed by atoms with van der Waals surface area (Å²) in [6.45, 7) is 6.72. The molecule has 0 radical (unpaired) electrons. The van der Waals surface area contributed by atoms with E-state index in [0.29, 0.717) is 19.3 Å². The van der Waals surface area contributed by atoms with Gasteiger partial charge in [0.15, 0.2) is 6.10 Å². The van der Waals surface area contributed by atoms with Crippen LogP contribution in [0, 0.1) is 0 Å². The zero-order valence-corrected chi connectivity index (χ0v) is 51.4. The van der Waals surface area contributed by atoms with Crippen molar-refractivity contribution >= 4 is 17.9 Å². The number of carbonyl (C=O) groups is 3. The summed E-state index contributed by atoms with van der Waals surface area (Å²) < 4.78 is 16.9. The van der Waals surface area contributed by atoms with Crippen LogP contribution in [0.5, 0.6) is 0 Å². The summed E-state index contributed by atoms with van der Waals surface area (Å²) in [5, 5.41) is 0. The highest BCUT2D eigenvalue weighted by atomic mass is 16.6. The molecule has 0 heterocycles. The number of esters is 3. The van der Waals surface area contributed by atoms with Crippen LogP contribution in [0.15, 0.2) is 0 Å². The molecule has 6 nitrogen and oxygen atoms in total.